The summed E-state index contributed by atoms with van der Waals surface area (Å²) in [5.74, 6) is 0. The van der Waals surface area contributed by atoms with E-state index in [1.807, 2.05) is 10.9 Å². The molecule has 102 valence electrons. The number of nitrogens with zero attached hydrogens (tertiary/aromatic N) is 4. The zero-order valence-corrected chi connectivity index (χ0v) is 11.3. The highest BCUT2D eigenvalue weighted by Crippen LogP contribution is 1.98. The highest BCUT2D eigenvalue weighted by molar-refractivity contribution is 4.91. The summed E-state index contributed by atoms with van der Waals surface area (Å²) in [5, 5.41) is 11.6. The molecular weight excluding hydrogens is 230 g/mol. The van der Waals surface area contributed by atoms with Gasteiger partial charge in [-0.25, -0.2) is 0 Å². The molecule has 0 bridgehead atoms. The minimum absolute atomic E-state index is 0.475. The van der Waals surface area contributed by atoms with Crippen LogP contribution in [0.4, 0.5) is 0 Å². The van der Waals surface area contributed by atoms with Gasteiger partial charge in [0.05, 0.1) is 25.5 Å². The van der Waals surface area contributed by atoms with E-state index in [-0.39, 0.29) is 0 Å². The molecule has 0 saturated carbocycles. The average molecular weight is 253 g/mol. The molecule has 0 spiro atoms. The van der Waals surface area contributed by atoms with Gasteiger partial charge in [-0.1, -0.05) is 19.1 Å². The molecule has 0 radical (unpaired) electrons. The molecule has 0 aromatic carbocycles. The molecule has 6 heteroatoms. The Hall–Kier alpha value is -0.980. The van der Waals surface area contributed by atoms with Crippen LogP contribution in [0.15, 0.2) is 6.20 Å². The fourth-order valence-electron chi connectivity index (χ4n) is 1.91. The molecule has 1 aromatic rings. The largest absolute Gasteiger partial charge is 0.379 e. The Kier molecular flexibility index (Phi) is 5.10. The molecule has 0 unspecified atom stereocenters. The second-order valence-corrected chi connectivity index (χ2v) is 4.96. The maximum Gasteiger partial charge on any atom is 0.0964 e. The zero-order chi connectivity index (χ0) is 12.8. The van der Waals surface area contributed by atoms with E-state index in [0.717, 1.165) is 51.6 Å². The second-order valence-electron chi connectivity index (χ2n) is 4.96. The van der Waals surface area contributed by atoms with Gasteiger partial charge in [0.15, 0.2) is 0 Å². The highest BCUT2D eigenvalue weighted by Gasteiger charge is 2.10. The Bertz CT molecular complexity index is 346. The number of rotatable bonds is 6. The van der Waals surface area contributed by atoms with Crippen molar-refractivity contribution in [1.82, 2.24) is 25.2 Å². The standard InChI is InChI=1S/C12H23N5O/c1-11(2)13-9-12-10-17(15-14-12)4-3-16-5-7-18-8-6-16/h10-11,13H,3-9H2,1-2H3. The molecule has 1 aromatic heterocycles. The summed E-state index contributed by atoms with van der Waals surface area (Å²) in [6, 6.07) is 0.475. The Labute approximate surface area is 108 Å². The van der Waals surface area contributed by atoms with E-state index in [9.17, 15) is 0 Å². The molecule has 0 amide bonds. The number of hydrogen-bond acceptors (Lipinski definition) is 5. The molecule has 1 N–H and O–H groups in total. The normalized spacial score (nSPS) is 17.5. The lowest BCUT2D eigenvalue weighted by Crippen LogP contribution is -2.38. The van der Waals surface area contributed by atoms with Crippen molar-refractivity contribution in [3.8, 4) is 0 Å². The van der Waals surface area contributed by atoms with Crippen molar-refractivity contribution in [2.45, 2.75) is 33.0 Å². The minimum Gasteiger partial charge on any atom is -0.379 e. The van der Waals surface area contributed by atoms with E-state index in [0.29, 0.717) is 6.04 Å². The second kappa shape index (κ2) is 6.82. The lowest BCUT2D eigenvalue weighted by atomic mass is 10.3. The van der Waals surface area contributed by atoms with Crippen LogP contribution in [0.2, 0.25) is 0 Å². The molecular formula is C12H23N5O. The summed E-state index contributed by atoms with van der Waals surface area (Å²) in [6.45, 7) is 10.7. The molecule has 2 rings (SSSR count). The van der Waals surface area contributed by atoms with E-state index in [1.54, 1.807) is 0 Å². The quantitative estimate of drug-likeness (QED) is 0.780. The molecule has 6 nitrogen and oxygen atoms in total. The van der Waals surface area contributed by atoms with Crippen LogP contribution in [-0.4, -0.2) is 58.8 Å². The van der Waals surface area contributed by atoms with Gasteiger partial charge in [-0.05, 0) is 0 Å². The van der Waals surface area contributed by atoms with Gasteiger partial charge < -0.3 is 10.1 Å². The summed E-state index contributed by atoms with van der Waals surface area (Å²) >= 11 is 0. The van der Waals surface area contributed by atoms with Gasteiger partial charge in [0.25, 0.3) is 0 Å². The molecule has 1 fully saturated rings. The van der Waals surface area contributed by atoms with E-state index >= 15 is 0 Å². The SMILES string of the molecule is CC(C)NCc1cn(CCN2CCOCC2)nn1. The Morgan fingerprint density at radius 2 is 2.11 bits per heavy atom. The third kappa shape index (κ3) is 4.36. The van der Waals surface area contributed by atoms with Gasteiger partial charge in [-0.2, -0.15) is 0 Å². The molecule has 18 heavy (non-hydrogen) atoms. The van der Waals surface area contributed by atoms with E-state index in [4.69, 9.17) is 4.74 Å². The lowest BCUT2D eigenvalue weighted by molar-refractivity contribution is 0.0359. The van der Waals surface area contributed by atoms with Crippen molar-refractivity contribution in [2.24, 2.45) is 0 Å². The van der Waals surface area contributed by atoms with Gasteiger partial charge in [0.1, 0.15) is 0 Å². The molecule has 1 aliphatic rings. The Morgan fingerprint density at radius 3 is 2.83 bits per heavy atom. The van der Waals surface area contributed by atoms with Crippen LogP contribution >= 0.6 is 0 Å². The van der Waals surface area contributed by atoms with Crippen LogP contribution in [0, 0.1) is 0 Å². The van der Waals surface area contributed by atoms with Crippen molar-refractivity contribution < 1.29 is 4.74 Å². The fraction of sp³-hybridized carbons (Fsp3) is 0.833. The van der Waals surface area contributed by atoms with Crippen molar-refractivity contribution in [3.05, 3.63) is 11.9 Å². The summed E-state index contributed by atoms with van der Waals surface area (Å²) in [4.78, 5) is 2.40. The van der Waals surface area contributed by atoms with Crippen LogP contribution in [0.1, 0.15) is 19.5 Å². The van der Waals surface area contributed by atoms with E-state index < -0.39 is 0 Å². The smallest absolute Gasteiger partial charge is 0.0964 e. The van der Waals surface area contributed by atoms with Crippen LogP contribution in [-0.2, 0) is 17.8 Å². The summed E-state index contributed by atoms with van der Waals surface area (Å²) in [7, 11) is 0. The first-order valence-corrected chi connectivity index (χ1v) is 6.66. The molecule has 1 aliphatic heterocycles. The first-order valence-electron chi connectivity index (χ1n) is 6.66. The topological polar surface area (TPSA) is 55.2 Å². The first kappa shape index (κ1) is 13.5. The first-order chi connectivity index (χ1) is 8.74. The maximum atomic E-state index is 5.33. The molecule has 2 heterocycles. The van der Waals surface area contributed by atoms with Gasteiger partial charge in [0.2, 0.25) is 0 Å². The molecule has 0 aliphatic carbocycles. The lowest BCUT2D eigenvalue weighted by Gasteiger charge is -2.26. The highest BCUT2D eigenvalue weighted by atomic mass is 16.5. The number of aromatic nitrogens is 3. The fourth-order valence-corrected chi connectivity index (χ4v) is 1.91. The van der Waals surface area contributed by atoms with Crippen molar-refractivity contribution in [3.63, 3.8) is 0 Å². The average Bonchev–Trinajstić information content (AvgIpc) is 2.83. The Morgan fingerprint density at radius 1 is 1.33 bits per heavy atom. The van der Waals surface area contributed by atoms with Gasteiger partial charge in [-0.15, -0.1) is 5.10 Å². The van der Waals surface area contributed by atoms with Crippen LogP contribution in [0.5, 0.6) is 0 Å². The predicted octanol–water partition coefficient (Wildman–Crippen LogP) is 0.108. The summed E-state index contributed by atoms with van der Waals surface area (Å²) in [6.07, 6.45) is 2.02. The molecule has 1 saturated heterocycles. The van der Waals surface area contributed by atoms with Crippen LogP contribution in [0.3, 0.4) is 0 Å². The molecule has 0 atom stereocenters. The van der Waals surface area contributed by atoms with Gasteiger partial charge >= 0.3 is 0 Å². The van der Waals surface area contributed by atoms with E-state index in [2.05, 4.69) is 34.4 Å². The van der Waals surface area contributed by atoms with Crippen LogP contribution in [0.25, 0.3) is 0 Å². The zero-order valence-electron chi connectivity index (χ0n) is 11.3. The van der Waals surface area contributed by atoms with Crippen molar-refractivity contribution in [1.29, 1.82) is 0 Å². The Balaban J connectivity index is 1.72. The summed E-state index contributed by atoms with van der Waals surface area (Å²) in [5.41, 5.74) is 1.01. The van der Waals surface area contributed by atoms with Crippen LogP contribution < -0.4 is 5.32 Å². The third-order valence-electron chi connectivity index (χ3n) is 3.03. The number of ether oxygens (including phenoxy) is 1. The number of hydrogen-bond donors (Lipinski definition) is 1. The van der Waals surface area contributed by atoms with Crippen molar-refractivity contribution >= 4 is 0 Å². The third-order valence-corrected chi connectivity index (χ3v) is 3.03. The number of nitrogens with one attached hydrogen (secondary N) is 1. The van der Waals surface area contributed by atoms with Gasteiger partial charge in [0, 0.05) is 38.4 Å². The van der Waals surface area contributed by atoms with Crippen molar-refractivity contribution in [2.75, 3.05) is 32.8 Å². The summed E-state index contributed by atoms with van der Waals surface area (Å²) < 4.78 is 7.25. The monoisotopic (exact) mass is 253 g/mol. The maximum absolute atomic E-state index is 5.33. The van der Waals surface area contributed by atoms with E-state index in [1.165, 1.54) is 0 Å². The predicted molar refractivity (Wildman–Crippen MR) is 69.3 cm³/mol. The minimum atomic E-state index is 0.475. The number of morpholine rings is 1. The van der Waals surface area contributed by atoms with Gasteiger partial charge in [-0.3, -0.25) is 9.58 Å².